The fourth-order valence-corrected chi connectivity index (χ4v) is 3.24. The lowest BCUT2D eigenvalue weighted by Crippen LogP contribution is -2.12. The highest BCUT2D eigenvalue weighted by molar-refractivity contribution is 9.10. The summed E-state index contributed by atoms with van der Waals surface area (Å²) in [5.74, 6) is 2.66. The zero-order chi connectivity index (χ0) is 11.8. The van der Waals surface area contributed by atoms with Crippen LogP contribution in [0.15, 0.2) is 22.7 Å². The highest BCUT2D eigenvalue weighted by Crippen LogP contribution is 2.35. The van der Waals surface area contributed by atoms with Gasteiger partial charge in [0.2, 0.25) is 0 Å². The van der Waals surface area contributed by atoms with Crippen LogP contribution in [0.3, 0.4) is 0 Å². The zero-order valence-corrected chi connectivity index (χ0v) is 11.6. The van der Waals surface area contributed by atoms with Crippen molar-refractivity contribution in [2.75, 3.05) is 0 Å². The predicted octanol–water partition coefficient (Wildman–Crippen LogP) is 4.62. The van der Waals surface area contributed by atoms with Gasteiger partial charge in [-0.2, -0.15) is 0 Å². The van der Waals surface area contributed by atoms with E-state index in [1.807, 2.05) is 0 Å². The van der Waals surface area contributed by atoms with Gasteiger partial charge in [0.15, 0.2) is 0 Å². The third-order valence-electron chi connectivity index (χ3n) is 3.79. The number of rotatable bonds is 1. The average Bonchev–Trinajstić information content (AvgIpc) is 2.72. The highest BCUT2D eigenvalue weighted by atomic mass is 79.9. The minimum atomic E-state index is 0.630. The molecule has 3 rings (SSSR count). The van der Waals surface area contributed by atoms with Crippen LogP contribution in [0.5, 0.6) is 0 Å². The molecule has 1 heterocycles. The van der Waals surface area contributed by atoms with Crippen LogP contribution in [0.1, 0.15) is 44.3 Å². The van der Waals surface area contributed by atoms with Crippen LogP contribution in [-0.2, 0) is 0 Å². The lowest BCUT2D eigenvalue weighted by Gasteiger charge is -2.24. The molecule has 1 fully saturated rings. The van der Waals surface area contributed by atoms with Gasteiger partial charge in [-0.25, -0.2) is 4.98 Å². The van der Waals surface area contributed by atoms with E-state index in [1.54, 1.807) is 0 Å². The monoisotopic (exact) mass is 292 g/mol. The Kier molecular flexibility index (Phi) is 2.95. The van der Waals surface area contributed by atoms with Crippen LogP contribution in [0.4, 0.5) is 0 Å². The number of fused-ring (bicyclic) bond motifs is 1. The predicted molar refractivity (Wildman–Crippen MR) is 74.2 cm³/mol. The molecule has 2 unspecified atom stereocenters. The molecular weight excluding hydrogens is 276 g/mol. The summed E-state index contributed by atoms with van der Waals surface area (Å²) in [4.78, 5) is 8.22. The van der Waals surface area contributed by atoms with Crippen molar-refractivity contribution < 1.29 is 0 Å². The number of imidazole rings is 1. The van der Waals surface area contributed by atoms with Gasteiger partial charge >= 0.3 is 0 Å². The van der Waals surface area contributed by atoms with Crippen molar-refractivity contribution in [1.82, 2.24) is 9.97 Å². The first kappa shape index (κ1) is 11.3. The van der Waals surface area contributed by atoms with Crippen molar-refractivity contribution in [3.63, 3.8) is 0 Å². The molecule has 0 saturated heterocycles. The summed E-state index contributed by atoms with van der Waals surface area (Å²) in [6.07, 6.45) is 5.28. The van der Waals surface area contributed by atoms with Crippen molar-refractivity contribution in [3.8, 4) is 0 Å². The number of halogens is 1. The molecule has 1 aliphatic carbocycles. The normalized spacial score (nSPS) is 25.3. The third kappa shape index (κ3) is 2.25. The van der Waals surface area contributed by atoms with Crippen molar-refractivity contribution in [3.05, 3.63) is 28.5 Å². The number of hydrogen-bond donors (Lipinski definition) is 1. The van der Waals surface area contributed by atoms with Crippen molar-refractivity contribution >= 4 is 27.0 Å². The third-order valence-corrected chi connectivity index (χ3v) is 4.28. The van der Waals surface area contributed by atoms with Crippen molar-refractivity contribution in [2.24, 2.45) is 5.92 Å². The summed E-state index contributed by atoms with van der Waals surface area (Å²) >= 11 is 3.50. The summed E-state index contributed by atoms with van der Waals surface area (Å²) in [5, 5.41) is 0. The van der Waals surface area contributed by atoms with E-state index in [9.17, 15) is 0 Å². The van der Waals surface area contributed by atoms with Crippen LogP contribution in [0, 0.1) is 5.92 Å². The molecule has 0 radical (unpaired) electrons. The van der Waals surface area contributed by atoms with Crippen LogP contribution < -0.4 is 0 Å². The van der Waals surface area contributed by atoms with E-state index in [1.165, 1.54) is 31.5 Å². The Hall–Kier alpha value is -0.830. The quantitative estimate of drug-likeness (QED) is 0.816. The Balaban J connectivity index is 1.94. The first-order chi connectivity index (χ1) is 8.22. The first-order valence-corrected chi connectivity index (χ1v) is 7.17. The van der Waals surface area contributed by atoms with Gasteiger partial charge in [-0.3, -0.25) is 0 Å². The molecule has 1 saturated carbocycles. The van der Waals surface area contributed by atoms with Gasteiger partial charge in [-0.05, 0) is 37.0 Å². The standard InChI is InChI=1S/C14H17BrN2/c1-9-3-2-4-10(7-9)14-16-12-6-5-11(15)8-13(12)17-14/h5-6,8-10H,2-4,7H2,1H3,(H,16,17). The molecular formula is C14H17BrN2. The minimum absolute atomic E-state index is 0.630. The maximum Gasteiger partial charge on any atom is 0.110 e. The van der Waals surface area contributed by atoms with Crippen LogP contribution in [0.25, 0.3) is 11.0 Å². The van der Waals surface area contributed by atoms with Gasteiger partial charge in [-0.1, -0.05) is 35.7 Å². The van der Waals surface area contributed by atoms with E-state index in [-0.39, 0.29) is 0 Å². The zero-order valence-electron chi connectivity index (χ0n) is 10.0. The van der Waals surface area contributed by atoms with Gasteiger partial charge in [0.1, 0.15) is 5.82 Å². The van der Waals surface area contributed by atoms with Gasteiger partial charge in [-0.15, -0.1) is 0 Å². The van der Waals surface area contributed by atoms with Gasteiger partial charge < -0.3 is 4.98 Å². The Bertz CT molecular complexity index is 532. The lowest BCUT2D eigenvalue weighted by atomic mass is 9.82. The number of aromatic amines is 1. The molecule has 0 aliphatic heterocycles. The molecule has 2 atom stereocenters. The highest BCUT2D eigenvalue weighted by Gasteiger charge is 2.22. The van der Waals surface area contributed by atoms with E-state index in [4.69, 9.17) is 4.98 Å². The Labute approximate surface area is 110 Å². The summed E-state index contributed by atoms with van der Waals surface area (Å²) in [5.41, 5.74) is 2.23. The Morgan fingerprint density at radius 2 is 2.24 bits per heavy atom. The lowest BCUT2D eigenvalue weighted by molar-refractivity contribution is 0.337. The summed E-state index contributed by atoms with van der Waals surface area (Å²) < 4.78 is 1.11. The molecule has 0 bridgehead atoms. The van der Waals surface area contributed by atoms with E-state index in [0.717, 1.165) is 21.4 Å². The molecule has 1 N–H and O–H groups in total. The average molecular weight is 293 g/mol. The Morgan fingerprint density at radius 3 is 3.06 bits per heavy atom. The molecule has 0 spiro atoms. The second-order valence-electron chi connectivity index (χ2n) is 5.25. The molecule has 90 valence electrons. The molecule has 1 aliphatic rings. The van der Waals surface area contributed by atoms with Crippen LogP contribution in [-0.4, -0.2) is 9.97 Å². The number of benzene rings is 1. The van der Waals surface area contributed by atoms with E-state index in [2.05, 4.69) is 46.0 Å². The maximum absolute atomic E-state index is 4.74. The smallest absolute Gasteiger partial charge is 0.110 e. The van der Waals surface area contributed by atoms with E-state index < -0.39 is 0 Å². The van der Waals surface area contributed by atoms with Crippen LogP contribution >= 0.6 is 15.9 Å². The molecule has 0 amide bonds. The Morgan fingerprint density at radius 1 is 1.35 bits per heavy atom. The number of hydrogen-bond acceptors (Lipinski definition) is 1. The first-order valence-electron chi connectivity index (χ1n) is 6.37. The molecule has 17 heavy (non-hydrogen) atoms. The number of nitrogens with one attached hydrogen (secondary N) is 1. The molecule has 2 aromatic rings. The second kappa shape index (κ2) is 4.45. The number of H-pyrrole nitrogens is 1. The van der Waals surface area contributed by atoms with Crippen LogP contribution in [0.2, 0.25) is 0 Å². The fraction of sp³-hybridized carbons (Fsp3) is 0.500. The fourth-order valence-electron chi connectivity index (χ4n) is 2.88. The van der Waals surface area contributed by atoms with Gasteiger partial charge in [0.05, 0.1) is 11.0 Å². The number of aromatic nitrogens is 2. The maximum atomic E-state index is 4.74. The molecule has 1 aromatic heterocycles. The molecule has 2 nitrogen and oxygen atoms in total. The van der Waals surface area contributed by atoms with E-state index >= 15 is 0 Å². The SMILES string of the molecule is CC1CCCC(c2nc3ccc(Br)cc3[nH]2)C1. The van der Waals surface area contributed by atoms with Crippen molar-refractivity contribution in [1.29, 1.82) is 0 Å². The second-order valence-corrected chi connectivity index (χ2v) is 6.17. The number of nitrogens with zero attached hydrogens (tertiary/aromatic N) is 1. The molecule has 3 heteroatoms. The summed E-state index contributed by atoms with van der Waals surface area (Å²) in [7, 11) is 0. The van der Waals surface area contributed by atoms with Crippen molar-refractivity contribution in [2.45, 2.75) is 38.5 Å². The van der Waals surface area contributed by atoms with Gasteiger partial charge in [0, 0.05) is 10.4 Å². The molecule has 1 aromatic carbocycles. The largest absolute Gasteiger partial charge is 0.342 e. The topological polar surface area (TPSA) is 28.7 Å². The summed E-state index contributed by atoms with van der Waals surface area (Å²) in [6, 6.07) is 6.24. The van der Waals surface area contributed by atoms with Gasteiger partial charge in [0.25, 0.3) is 0 Å². The van der Waals surface area contributed by atoms with E-state index in [0.29, 0.717) is 5.92 Å². The minimum Gasteiger partial charge on any atom is -0.342 e. The summed E-state index contributed by atoms with van der Waals surface area (Å²) in [6.45, 7) is 2.35.